The van der Waals surface area contributed by atoms with Crippen LogP contribution in [-0.4, -0.2) is 26.8 Å². The molecule has 0 radical (unpaired) electrons. The SMILES string of the molecule is C=CC(C)(CNCCOC)Cc1cccs1. The number of rotatable bonds is 8. The lowest BCUT2D eigenvalue weighted by molar-refractivity contribution is 0.196. The van der Waals surface area contributed by atoms with Gasteiger partial charge in [-0.25, -0.2) is 0 Å². The summed E-state index contributed by atoms with van der Waals surface area (Å²) in [6, 6.07) is 4.28. The average Bonchev–Trinajstić information content (AvgIpc) is 2.77. The molecule has 16 heavy (non-hydrogen) atoms. The van der Waals surface area contributed by atoms with Crippen molar-refractivity contribution in [2.45, 2.75) is 13.3 Å². The molecule has 1 unspecified atom stereocenters. The zero-order chi connectivity index (χ0) is 11.9. The summed E-state index contributed by atoms with van der Waals surface area (Å²) in [6.45, 7) is 8.77. The molecule has 1 aromatic rings. The summed E-state index contributed by atoms with van der Waals surface area (Å²) < 4.78 is 5.01. The van der Waals surface area contributed by atoms with Crippen molar-refractivity contribution < 1.29 is 4.74 Å². The molecule has 0 fully saturated rings. The standard InChI is InChI=1S/C13H21NOS/c1-4-13(2,11-14-7-8-15-3)10-12-6-5-9-16-12/h4-6,9,14H,1,7-8,10-11H2,2-3H3. The Morgan fingerprint density at radius 1 is 1.62 bits per heavy atom. The first-order valence-electron chi connectivity index (χ1n) is 5.56. The monoisotopic (exact) mass is 239 g/mol. The lowest BCUT2D eigenvalue weighted by Crippen LogP contribution is -2.33. The van der Waals surface area contributed by atoms with Gasteiger partial charge in [-0.2, -0.15) is 0 Å². The van der Waals surface area contributed by atoms with Crippen molar-refractivity contribution in [3.05, 3.63) is 35.0 Å². The summed E-state index contributed by atoms with van der Waals surface area (Å²) in [6.07, 6.45) is 3.10. The van der Waals surface area contributed by atoms with E-state index in [1.54, 1.807) is 7.11 Å². The Kier molecular flexibility index (Phi) is 5.74. The lowest BCUT2D eigenvalue weighted by Gasteiger charge is -2.25. The fourth-order valence-corrected chi connectivity index (χ4v) is 2.47. The number of ether oxygens (including phenoxy) is 1. The summed E-state index contributed by atoms with van der Waals surface area (Å²) in [5, 5.41) is 5.52. The molecule has 0 aromatic carbocycles. The predicted molar refractivity (Wildman–Crippen MR) is 71.1 cm³/mol. The van der Waals surface area contributed by atoms with Crippen molar-refractivity contribution in [2.24, 2.45) is 5.41 Å². The van der Waals surface area contributed by atoms with Gasteiger partial charge in [0.15, 0.2) is 0 Å². The molecule has 1 rings (SSSR count). The molecule has 0 aliphatic carbocycles. The molecular weight excluding hydrogens is 218 g/mol. The third kappa shape index (κ3) is 4.47. The van der Waals surface area contributed by atoms with Crippen LogP contribution in [0.4, 0.5) is 0 Å². The van der Waals surface area contributed by atoms with E-state index in [2.05, 4.69) is 36.3 Å². The zero-order valence-corrected chi connectivity index (χ0v) is 11.0. The Balaban J connectivity index is 2.40. The second kappa shape index (κ2) is 6.84. The van der Waals surface area contributed by atoms with Crippen LogP contribution in [-0.2, 0) is 11.2 Å². The summed E-state index contributed by atoms with van der Waals surface area (Å²) in [5.41, 5.74) is 0.124. The first kappa shape index (κ1) is 13.4. The molecule has 0 aliphatic rings. The van der Waals surface area contributed by atoms with Gasteiger partial charge in [-0.15, -0.1) is 17.9 Å². The summed E-state index contributed by atoms with van der Waals surface area (Å²) in [4.78, 5) is 1.41. The molecule has 0 saturated heterocycles. The van der Waals surface area contributed by atoms with Crippen molar-refractivity contribution in [3.8, 4) is 0 Å². The first-order valence-corrected chi connectivity index (χ1v) is 6.44. The van der Waals surface area contributed by atoms with Gasteiger partial charge < -0.3 is 10.1 Å². The Hall–Kier alpha value is -0.640. The number of methoxy groups -OCH3 is 1. The first-order chi connectivity index (χ1) is 7.70. The Morgan fingerprint density at radius 2 is 2.44 bits per heavy atom. The lowest BCUT2D eigenvalue weighted by atomic mass is 9.86. The van der Waals surface area contributed by atoms with Gasteiger partial charge in [0, 0.05) is 30.5 Å². The molecule has 0 spiro atoms. The van der Waals surface area contributed by atoms with Gasteiger partial charge in [0.25, 0.3) is 0 Å². The maximum atomic E-state index is 5.01. The highest BCUT2D eigenvalue weighted by atomic mass is 32.1. The van der Waals surface area contributed by atoms with Gasteiger partial charge in [0.1, 0.15) is 0 Å². The van der Waals surface area contributed by atoms with Crippen LogP contribution >= 0.6 is 11.3 Å². The highest BCUT2D eigenvalue weighted by molar-refractivity contribution is 7.09. The third-order valence-corrected chi connectivity index (χ3v) is 3.54. The van der Waals surface area contributed by atoms with Crippen LogP contribution in [0.5, 0.6) is 0 Å². The van der Waals surface area contributed by atoms with E-state index >= 15 is 0 Å². The molecule has 1 N–H and O–H groups in total. The van der Waals surface area contributed by atoms with Gasteiger partial charge in [0.05, 0.1) is 6.61 Å². The molecule has 1 heterocycles. The maximum Gasteiger partial charge on any atom is 0.0587 e. The Morgan fingerprint density at radius 3 is 3.00 bits per heavy atom. The van der Waals surface area contributed by atoms with E-state index in [0.717, 1.165) is 26.1 Å². The average molecular weight is 239 g/mol. The molecule has 90 valence electrons. The van der Waals surface area contributed by atoms with Gasteiger partial charge in [-0.1, -0.05) is 19.1 Å². The smallest absolute Gasteiger partial charge is 0.0587 e. The van der Waals surface area contributed by atoms with Crippen molar-refractivity contribution in [3.63, 3.8) is 0 Å². The Labute approximate surface area is 102 Å². The second-order valence-electron chi connectivity index (χ2n) is 4.28. The molecule has 0 bridgehead atoms. The highest BCUT2D eigenvalue weighted by Crippen LogP contribution is 2.25. The van der Waals surface area contributed by atoms with Crippen molar-refractivity contribution in [1.82, 2.24) is 5.32 Å². The van der Waals surface area contributed by atoms with E-state index in [4.69, 9.17) is 4.74 Å². The predicted octanol–water partition coefficient (Wildman–Crippen LogP) is 2.72. The van der Waals surface area contributed by atoms with Gasteiger partial charge in [-0.05, 0) is 17.9 Å². The minimum Gasteiger partial charge on any atom is -0.383 e. The van der Waals surface area contributed by atoms with Crippen LogP contribution in [0.15, 0.2) is 30.2 Å². The number of hydrogen-bond acceptors (Lipinski definition) is 3. The molecule has 1 atom stereocenters. The maximum absolute atomic E-state index is 5.01. The van der Waals surface area contributed by atoms with E-state index in [-0.39, 0.29) is 5.41 Å². The summed E-state index contributed by atoms with van der Waals surface area (Å²) in [7, 11) is 1.72. The van der Waals surface area contributed by atoms with E-state index in [0.29, 0.717) is 0 Å². The van der Waals surface area contributed by atoms with Crippen LogP contribution in [0.2, 0.25) is 0 Å². The molecular formula is C13H21NOS. The zero-order valence-electron chi connectivity index (χ0n) is 10.2. The van der Waals surface area contributed by atoms with Crippen LogP contribution in [0, 0.1) is 5.41 Å². The van der Waals surface area contributed by atoms with Gasteiger partial charge in [0.2, 0.25) is 0 Å². The van der Waals surface area contributed by atoms with Crippen molar-refractivity contribution >= 4 is 11.3 Å². The number of nitrogens with one attached hydrogen (secondary N) is 1. The quantitative estimate of drug-likeness (QED) is 0.556. The molecule has 3 heteroatoms. The summed E-state index contributed by atoms with van der Waals surface area (Å²) in [5.74, 6) is 0. The third-order valence-electron chi connectivity index (χ3n) is 2.66. The molecule has 0 aliphatic heterocycles. The van der Waals surface area contributed by atoms with Gasteiger partial charge >= 0.3 is 0 Å². The molecule has 0 saturated carbocycles. The van der Waals surface area contributed by atoms with Crippen LogP contribution < -0.4 is 5.32 Å². The van der Waals surface area contributed by atoms with E-state index in [1.807, 2.05) is 17.4 Å². The highest BCUT2D eigenvalue weighted by Gasteiger charge is 2.20. The normalized spacial score (nSPS) is 14.6. The van der Waals surface area contributed by atoms with Crippen molar-refractivity contribution in [2.75, 3.05) is 26.8 Å². The minimum atomic E-state index is 0.124. The van der Waals surface area contributed by atoms with Crippen LogP contribution in [0.1, 0.15) is 11.8 Å². The molecule has 0 amide bonds. The van der Waals surface area contributed by atoms with Crippen LogP contribution in [0.25, 0.3) is 0 Å². The molecule has 2 nitrogen and oxygen atoms in total. The fourth-order valence-electron chi connectivity index (χ4n) is 1.57. The Bertz CT molecular complexity index is 297. The van der Waals surface area contributed by atoms with E-state index < -0.39 is 0 Å². The fraction of sp³-hybridized carbons (Fsp3) is 0.538. The van der Waals surface area contributed by atoms with Crippen molar-refractivity contribution in [1.29, 1.82) is 0 Å². The number of thiophene rings is 1. The van der Waals surface area contributed by atoms with E-state index in [9.17, 15) is 0 Å². The minimum absolute atomic E-state index is 0.124. The second-order valence-corrected chi connectivity index (χ2v) is 5.32. The van der Waals surface area contributed by atoms with Crippen LogP contribution in [0.3, 0.4) is 0 Å². The largest absolute Gasteiger partial charge is 0.383 e. The topological polar surface area (TPSA) is 21.3 Å². The molecule has 1 aromatic heterocycles. The van der Waals surface area contributed by atoms with Gasteiger partial charge in [-0.3, -0.25) is 0 Å². The summed E-state index contributed by atoms with van der Waals surface area (Å²) >= 11 is 1.81. The number of hydrogen-bond donors (Lipinski definition) is 1. The van der Waals surface area contributed by atoms with E-state index in [1.165, 1.54) is 4.88 Å².